The number of phosphoric acid groups is 2. The highest BCUT2D eigenvalue weighted by Gasteiger charge is 2.31. The average Bonchev–Trinajstić information content (AvgIpc) is 2.51. The highest BCUT2D eigenvalue weighted by atomic mass is 31.3. The smallest absolute Gasteiger partial charge is 0.302 e. The molecule has 0 saturated carbocycles. The summed E-state index contributed by atoms with van der Waals surface area (Å²) in [6.45, 7) is 10.1. The van der Waals surface area contributed by atoms with Crippen molar-refractivity contribution in [2.75, 3.05) is 6.61 Å². The van der Waals surface area contributed by atoms with Crippen LogP contribution in [0.5, 0.6) is 0 Å². The van der Waals surface area contributed by atoms with Crippen LogP contribution in [-0.2, 0) is 18.0 Å². The maximum absolute atomic E-state index is 11.3. The van der Waals surface area contributed by atoms with Gasteiger partial charge in [0.25, 0.3) is 0 Å². The Bertz CT molecular complexity index is 710. The fourth-order valence-corrected chi connectivity index (χ4v) is 3.95. The van der Waals surface area contributed by atoms with Crippen LogP contribution in [0.4, 0.5) is 0 Å². The summed E-state index contributed by atoms with van der Waals surface area (Å²) in [4.78, 5) is 26.2. The molecule has 168 valence electrons. The van der Waals surface area contributed by atoms with Crippen molar-refractivity contribution in [1.29, 1.82) is 0 Å². The lowest BCUT2D eigenvalue weighted by Crippen LogP contribution is -1.94. The van der Waals surface area contributed by atoms with Crippen molar-refractivity contribution in [2.45, 2.75) is 73.1 Å². The molecule has 0 aliphatic carbocycles. The van der Waals surface area contributed by atoms with Crippen molar-refractivity contribution < 1.29 is 32.6 Å². The van der Waals surface area contributed by atoms with E-state index in [-0.39, 0.29) is 6.61 Å². The van der Waals surface area contributed by atoms with Gasteiger partial charge in [0.2, 0.25) is 0 Å². The molecule has 0 aliphatic rings. The molecule has 0 heterocycles. The first-order chi connectivity index (χ1) is 13.3. The topological polar surface area (TPSA) is 113 Å². The molecule has 0 rings (SSSR count). The van der Waals surface area contributed by atoms with Crippen molar-refractivity contribution >= 4 is 15.6 Å². The van der Waals surface area contributed by atoms with Gasteiger partial charge in [-0.1, -0.05) is 46.6 Å². The molecule has 0 saturated heterocycles. The van der Waals surface area contributed by atoms with E-state index in [1.165, 1.54) is 16.7 Å². The quantitative estimate of drug-likeness (QED) is 0.208. The van der Waals surface area contributed by atoms with Crippen LogP contribution >= 0.6 is 15.6 Å². The van der Waals surface area contributed by atoms with Crippen molar-refractivity contribution in [2.24, 2.45) is 0 Å². The third-order valence-corrected chi connectivity index (χ3v) is 6.18. The lowest BCUT2D eigenvalue weighted by atomic mass is 10.0. The molecular formula is C20H36O7P2. The lowest BCUT2D eigenvalue weighted by Gasteiger charge is -2.11. The van der Waals surface area contributed by atoms with Gasteiger partial charge in [-0.15, -0.1) is 0 Å². The Labute approximate surface area is 175 Å². The van der Waals surface area contributed by atoms with Crippen LogP contribution in [-0.4, -0.2) is 21.3 Å². The predicted molar refractivity (Wildman–Crippen MR) is 117 cm³/mol. The standard InChI is InChI=1S/C20H36O7P2/c1-17(2)9-6-10-18(3)11-7-12-19(4)13-8-14-20(5)15-16-26-29(24,25)27-28(21,22)23/h9,11,13,15H,6-8,10,12,14,16H2,1-5H3,(H,24,25)(H2,21,22,23)/b18-11+,19-13?,20-15+. The minimum absolute atomic E-state index is 0.265. The highest BCUT2D eigenvalue weighted by Crippen LogP contribution is 2.57. The van der Waals surface area contributed by atoms with Gasteiger partial charge in [-0.05, 0) is 73.1 Å². The van der Waals surface area contributed by atoms with Gasteiger partial charge in [-0.2, -0.15) is 4.31 Å². The minimum Gasteiger partial charge on any atom is -0.302 e. The summed E-state index contributed by atoms with van der Waals surface area (Å²) < 4.78 is 30.1. The second kappa shape index (κ2) is 14.3. The number of allylic oxidation sites excluding steroid dienone is 7. The van der Waals surface area contributed by atoms with Gasteiger partial charge in [0, 0.05) is 0 Å². The van der Waals surface area contributed by atoms with E-state index < -0.39 is 15.6 Å². The second-order valence-corrected chi connectivity index (χ2v) is 10.2. The van der Waals surface area contributed by atoms with E-state index in [4.69, 9.17) is 9.79 Å². The third-order valence-electron chi connectivity index (χ3n) is 4.03. The second-order valence-electron chi connectivity index (χ2n) is 7.39. The Morgan fingerprint density at radius 3 is 1.55 bits per heavy atom. The van der Waals surface area contributed by atoms with E-state index >= 15 is 0 Å². The van der Waals surface area contributed by atoms with Crippen molar-refractivity contribution in [1.82, 2.24) is 0 Å². The summed E-state index contributed by atoms with van der Waals surface area (Å²) in [7, 11) is -9.85. The molecule has 0 aromatic rings. The van der Waals surface area contributed by atoms with Crippen LogP contribution in [0, 0.1) is 0 Å². The van der Waals surface area contributed by atoms with Crippen LogP contribution in [0.15, 0.2) is 46.6 Å². The van der Waals surface area contributed by atoms with Gasteiger partial charge in [0.05, 0.1) is 6.61 Å². The molecule has 29 heavy (non-hydrogen) atoms. The molecule has 0 radical (unpaired) electrons. The maximum Gasteiger partial charge on any atom is 0.481 e. The van der Waals surface area contributed by atoms with Crippen molar-refractivity contribution in [3.8, 4) is 0 Å². The fraction of sp³-hybridized carbons (Fsp3) is 0.600. The van der Waals surface area contributed by atoms with Crippen molar-refractivity contribution in [3.05, 3.63) is 46.6 Å². The molecule has 9 heteroatoms. The molecular weight excluding hydrogens is 414 g/mol. The average molecular weight is 450 g/mol. The molecule has 7 nitrogen and oxygen atoms in total. The Morgan fingerprint density at radius 2 is 1.14 bits per heavy atom. The normalized spacial score (nSPS) is 15.9. The van der Waals surface area contributed by atoms with E-state index in [0.717, 1.165) is 44.1 Å². The first-order valence-corrected chi connectivity index (χ1v) is 12.7. The largest absolute Gasteiger partial charge is 0.481 e. The maximum atomic E-state index is 11.3. The monoisotopic (exact) mass is 450 g/mol. The molecule has 0 spiro atoms. The highest BCUT2D eigenvalue weighted by molar-refractivity contribution is 7.60. The van der Waals surface area contributed by atoms with Gasteiger partial charge in [0.15, 0.2) is 0 Å². The number of phosphoric ester groups is 1. The van der Waals surface area contributed by atoms with Gasteiger partial charge >= 0.3 is 15.6 Å². The number of hydrogen-bond acceptors (Lipinski definition) is 4. The van der Waals surface area contributed by atoms with Crippen LogP contribution in [0.3, 0.4) is 0 Å². The lowest BCUT2D eigenvalue weighted by molar-refractivity contribution is 0.191. The number of hydrogen-bond donors (Lipinski definition) is 3. The van der Waals surface area contributed by atoms with Gasteiger partial charge in [-0.25, -0.2) is 9.13 Å². The molecule has 0 fully saturated rings. The summed E-state index contributed by atoms with van der Waals surface area (Å²) >= 11 is 0. The third kappa shape index (κ3) is 19.0. The molecule has 0 aromatic carbocycles. The minimum atomic E-state index is -5.08. The summed E-state index contributed by atoms with van der Waals surface area (Å²) in [6.07, 6.45) is 14.1. The SMILES string of the molecule is CC(C)=CCC/C(C)=C/CCC(C)=CCC/C(C)=C/COP(=O)(O)OP(=O)(O)O. The van der Waals surface area contributed by atoms with Gasteiger partial charge in [-0.3, -0.25) is 4.52 Å². The molecule has 0 aliphatic heterocycles. The Kier molecular flexibility index (Phi) is 13.9. The van der Waals surface area contributed by atoms with E-state index in [9.17, 15) is 14.0 Å². The molecule has 1 unspecified atom stereocenters. The van der Waals surface area contributed by atoms with Crippen LogP contribution in [0.25, 0.3) is 0 Å². The Hall–Kier alpha value is -0.780. The van der Waals surface area contributed by atoms with Crippen LogP contribution < -0.4 is 0 Å². The molecule has 0 aromatic heterocycles. The summed E-state index contributed by atoms with van der Waals surface area (Å²) in [5.41, 5.74) is 5.03. The van der Waals surface area contributed by atoms with E-state index in [1.54, 1.807) is 6.08 Å². The summed E-state index contributed by atoms with van der Waals surface area (Å²) in [5.74, 6) is 0. The molecule has 1 atom stereocenters. The zero-order chi connectivity index (χ0) is 22.5. The summed E-state index contributed by atoms with van der Waals surface area (Å²) in [5, 5.41) is 0. The molecule has 3 N–H and O–H groups in total. The number of rotatable bonds is 14. The first kappa shape index (κ1) is 28.2. The van der Waals surface area contributed by atoms with Gasteiger partial charge in [0.1, 0.15) is 0 Å². The Morgan fingerprint density at radius 1 is 0.724 bits per heavy atom. The van der Waals surface area contributed by atoms with Crippen LogP contribution in [0.2, 0.25) is 0 Å². The first-order valence-electron chi connectivity index (χ1n) is 9.65. The van der Waals surface area contributed by atoms with E-state index in [2.05, 4.69) is 54.8 Å². The van der Waals surface area contributed by atoms with Gasteiger partial charge < -0.3 is 14.7 Å². The van der Waals surface area contributed by atoms with E-state index in [0.29, 0.717) is 0 Å². The van der Waals surface area contributed by atoms with E-state index in [1.807, 2.05) is 6.92 Å². The predicted octanol–water partition coefficient (Wildman–Crippen LogP) is 6.36. The molecule has 0 amide bonds. The molecule has 0 bridgehead atoms. The fourth-order valence-electron chi connectivity index (χ4n) is 2.42. The van der Waals surface area contributed by atoms with Crippen LogP contribution in [0.1, 0.15) is 73.1 Å². The Balaban J connectivity index is 4.20. The zero-order valence-electron chi connectivity index (χ0n) is 18.1. The van der Waals surface area contributed by atoms with Crippen molar-refractivity contribution in [3.63, 3.8) is 0 Å². The zero-order valence-corrected chi connectivity index (χ0v) is 19.9. The summed E-state index contributed by atoms with van der Waals surface area (Å²) in [6, 6.07) is 0.